The fourth-order valence-corrected chi connectivity index (χ4v) is 3.12. The molecule has 0 saturated carbocycles. The molecule has 1 aromatic rings. The largest absolute Gasteiger partial charge is 0.238 e. The lowest BCUT2D eigenvalue weighted by atomic mass is 9.87. The van der Waals surface area contributed by atoms with Crippen LogP contribution in [0.4, 0.5) is 0 Å². The quantitative estimate of drug-likeness (QED) is 0.813. The molecule has 8 heteroatoms. The lowest BCUT2D eigenvalue weighted by Crippen LogP contribution is -2.22. The van der Waals surface area contributed by atoms with Crippen molar-refractivity contribution in [2.24, 2.45) is 10.3 Å². The zero-order chi connectivity index (χ0) is 14.4. The van der Waals surface area contributed by atoms with E-state index < -0.39 is 25.5 Å². The normalized spacial score (nSPS) is 13.6. The van der Waals surface area contributed by atoms with Gasteiger partial charge in [-0.25, -0.2) is 27.1 Å². The van der Waals surface area contributed by atoms with Crippen LogP contribution in [0.25, 0.3) is 0 Å². The number of hydrogen-bond donors (Lipinski definition) is 2. The summed E-state index contributed by atoms with van der Waals surface area (Å²) in [6.07, 6.45) is 0. The smallest absolute Gasteiger partial charge is 0.225 e. The van der Waals surface area contributed by atoms with E-state index in [1.165, 1.54) is 12.1 Å². The lowest BCUT2D eigenvalue weighted by Gasteiger charge is -2.22. The molecule has 6 nitrogen and oxygen atoms in total. The van der Waals surface area contributed by atoms with Gasteiger partial charge in [0.15, 0.2) is 0 Å². The first kappa shape index (κ1) is 15.1. The van der Waals surface area contributed by atoms with Crippen LogP contribution in [-0.2, 0) is 25.5 Å². The van der Waals surface area contributed by atoms with E-state index in [2.05, 4.69) is 0 Å². The van der Waals surface area contributed by atoms with Gasteiger partial charge in [-0.1, -0.05) is 26.8 Å². The highest BCUT2D eigenvalue weighted by Gasteiger charge is 2.25. The highest BCUT2D eigenvalue weighted by molar-refractivity contribution is 7.90. The Bertz CT molecular complexity index is 670. The molecular weight excluding hydrogens is 276 g/mol. The molecule has 0 aromatic heterocycles. The first-order valence-electron chi connectivity index (χ1n) is 5.03. The summed E-state index contributed by atoms with van der Waals surface area (Å²) in [5, 5.41) is 10.1. The molecule has 102 valence electrons. The minimum Gasteiger partial charge on any atom is -0.225 e. The maximum Gasteiger partial charge on any atom is 0.238 e. The van der Waals surface area contributed by atoms with Crippen LogP contribution in [-0.4, -0.2) is 16.8 Å². The first-order chi connectivity index (χ1) is 7.83. The van der Waals surface area contributed by atoms with Crippen LogP contribution in [0.5, 0.6) is 0 Å². The number of sulfonamides is 2. The number of hydrogen-bond acceptors (Lipinski definition) is 4. The number of primary sulfonamides is 2. The fraction of sp³-hybridized carbons (Fsp3) is 0.400. The molecule has 0 aliphatic carbocycles. The van der Waals surface area contributed by atoms with E-state index in [1.54, 1.807) is 20.8 Å². The van der Waals surface area contributed by atoms with Gasteiger partial charge in [0.25, 0.3) is 0 Å². The van der Waals surface area contributed by atoms with E-state index >= 15 is 0 Å². The van der Waals surface area contributed by atoms with Gasteiger partial charge in [-0.05, 0) is 23.1 Å². The Morgan fingerprint density at radius 3 is 1.78 bits per heavy atom. The molecule has 18 heavy (non-hydrogen) atoms. The van der Waals surface area contributed by atoms with Crippen LogP contribution in [0.1, 0.15) is 26.3 Å². The fourth-order valence-electron chi connectivity index (χ4n) is 1.53. The molecule has 0 aliphatic rings. The van der Waals surface area contributed by atoms with Gasteiger partial charge in [0.2, 0.25) is 20.0 Å². The van der Waals surface area contributed by atoms with Crippen LogP contribution >= 0.6 is 0 Å². The molecule has 1 aromatic carbocycles. The molecule has 0 spiro atoms. The molecule has 0 bridgehead atoms. The van der Waals surface area contributed by atoms with Crippen LogP contribution < -0.4 is 10.3 Å². The zero-order valence-corrected chi connectivity index (χ0v) is 12.0. The topological polar surface area (TPSA) is 120 Å². The summed E-state index contributed by atoms with van der Waals surface area (Å²) in [4.78, 5) is -0.499. The van der Waals surface area contributed by atoms with Gasteiger partial charge >= 0.3 is 0 Å². The highest BCUT2D eigenvalue weighted by atomic mass is 32.2. The first-order valence-corrected chi connectivity index (χ1v) is 8.13. The van der Waals surface area contributed by atoms with Gasteiger partial charge in [-0.15, -0.1) is 0 Å². The van der Waals surface area contributed by atoms with Gasteiger partial charge in [-0.2, -0.15) is 0 Å². The monoisotopic (exact) mass is 292 g/mol. The number of rotatable bonds is 2. The Hall–Kier alpha value is -0.960. The molecule has 1 rings (SSSR count). The van der Waals surface area contributed by atoms with Crippen molar-refractivity contribution in [3.05, 3.63) is 23.8 Å². The van der Waals surface area contributed by atoms with Crippen LogP contribution in [0, 0.1) is 0 Å². The minimum absolute atomic E-state index is 0.221. The third-order valence-corrected chi connectivity index (χ3v) is 4.26. The Kier molecular flexibility index (Phi) is 3.61. The molecule has 4 N–H and O–H groups in total. The van der Waals surface area contributed by atoms with Gasteiger partial charge in [0.1, 0.15) is 0 Å². The summed E-state index contributed by atoms with van der Waals surface area (Å²) in [6.45, 7) is 5.40. The Morgan fingerprint density at radius 1 is 0.944 bits per heavy atom. The van der Waals surface area contributed by atoms with Crippen LogP contribution in [0.15, 0.2) is 28.0 Å². The summed E-state index contributed by atoms with van der Waals surface area (Å²) in [7, 11) is -7.99. The molecule has 0 atom stereocenters. The SMILES string of the molecule is CC(C)(C)c1ccc(S(N)(=O)=O)cc1S(N)(=O)=O. The average molecular weight is 292 g/mol. The van der Waals surface area contributed by atoms with Crippen molar-refractivity contribution in [3.8, 4) is 0 Å². The molecule has 0 aliphatic heterocycles. The maximum absolute atomic E-state index is 11.5. The molecule has 0 fully saturated rings. The van der Waals surface area contributed by atoms with Crippen molar-refractivity contribution in [2.45, 2.75) is 36.0 Å². The second-order valence-electron chi connectivity index (χ2n) is 5.00. The third kappa shape index (κ3) is 3.29. The van der Waals surface area contributed by atoms with Gasteiger partial charge < -0.3 is 0 Å². The minimum atomic E-state index is -4.02. The van der Waals surface area contributed by atoms with Crippen LogP contribution in [0.2, 0.25) is 0 Å². The number of nitrogens with two attached hydrogens (primary N) is 2. The highest BCUT2D eigenvalue weighted by Crippen LogP contribution is 2.29. The van der Waals surface area contributed by atoms with Crippen molar-refractivity contribution in [1.82, 2.24) is 0 Å². The third-order valence-electron chi connectivity index (χ3n) is 2.40. The van der Waals surface area contributed by atoms with E-state index in [9.17, 15) is 16.8 Å². The van der Waals surface area contributed by atoms with E-state index in [4.69, 9.17) is 10.3 Å². The second kappa shape index (κ2) is 4.30. The summed E-state index contributed by atoms with van der Waals surface area (Å²) in [5.41, 5.74) is -0.0454. The summed E-state index contributed by atoms with van der Waals surface area (Å²) < 4.78 is 45.5. The molecule has 0 saturated heterocycles. The van der Waals surface area contributed by atoms with Crippen molar-refractivity contribution >= 4 is 20.0 Å². The Morgan fingerprint density at radius 2 is 1.44 bits per heavy atom. The number of benzene rings is 1. The van der Waals surface area contributed by atoms with Crippen molar-refractivity contribution < 1.29 is 16.8 Å². The maximum atomic E-state index is 11.5. The second-order valence-corrected chi connectivity index (χ2v) is 8.09. The summed E-state index contributed by atoms with van der Waals surface area (Å²) in [6, 6.07) is 3.68. The van der Waals surface area contributed by atoms with Crippen molar-refractivity contribution in [2.75, 3.05) is 0 Å². The standard InChI is InChI=1S/C10H16N2O4S2/c1-10(2,3)8-5-4-7(17(11,13)14)6-9(8)18(12,15)16/h4-6H,1-3H3,(H2,11,13,14)(H2,12,15,16). The average Bonchev–Trinajstić information content (AvgIpc) is 2.12. The van der Waals surface area contributed by atoms with E-state index in [1.807, 2.05) is 0 Å². The molecule has 0 radical (unpaired) electrons. The molecule has 0 unspecified atom stereocenters. The zero-order valence-electron chi connectivity index (χ0n) is 10.3. The summed E-state index contributed by atoms with van der Waals surface area (Å²) in [5.74, 6) is 0. The Labute approximate surface area is 107 Å². The van der Waals surface area contributed by atoms with Gasteiger partial charge in [-0.3, -0.25) is 0 Å². The lowest BCUT2D eigenvalue weighted by molar-refractivity contribution is 0.560. The van der Waals surface area contributed by atoms with Gasteiger partial charge in [0, 0.05) is 0 Å². The Balaban J connectivity index is 3.71. The predicted octanol–water partition coefficient (Wildman–Crippen LogP) is 0.279. The van der Waals surface area contributed by atoms with Crippen molar-refractivity contribution in [1.29, 1.82) is 0 Å². The molecule has 0 amide bonds. The van der Waals surface area contributed by atoms with Crippen molar-refractivity contribution in [3.63, 3.8) is 0 Å². The predicted molar refractivity (Wildman–Crippen MR) is 67.9 cm³/mol. The molecular formula is C10H16N2O4S2. The van der Waals surface area contributed by atoms with E-state index in [-0.39, 0.29) is 9.79 Å². The van der Waals surface area contributed by atoms with Crippen LogP contribution in [0.3, 0.4) is 0 Å². The van der Waals surface area contributed by atoms with Gasteiger partial charge in [0.05, 0.1) is 9.79 Å². The molecule has 0 heterocycles. The van der Waals surface area contributed by atoms with E-state index in [0.717, 1.165) is 6.07 Å². The summed E-state index contributed by atoms with van der Waals surface area (Å²) >= 11 is 0. The van der Waals surface area contributed by atoms with E-state index in [0.29, 0.717) is 5.56 Å².